The number of phenolic OH excluding ortho intramolecular Hbond substituents is 1. The number of azo groups is 2. The topological polar surface area (TPSA) is 134 Å². The molecule has 0 aromatic heterocycles. The van der Waals surface area contributed by atoms with Crippen LogP contribution in [0.1, 0.15) is 19.4 Å². The van der Waals surface area contributed by atoms with Crippen molar-refractivity contribution in [1.82, 2.24) is 0 Å². The number of aryl methyl sites for hydroxylation is 1. The van der Waals surface area contributed by atoms with Gasteiger partial charge in [0.2, 0.25) is 0 Å². The molecule has 0 spiro atoms. The van der Waals surface area contributed by atoms with Crippen molar-refractivity contribution in [2.45, 2.75) is 25.7 Å². The maximum Gasteiger partial charge on any atom is 0.152 e. The molecular formula is C29H27N5O4S. The summed E-state index contributed by atoms with van der Waals surface area (Å²) in [4.78, 5) is 0.376. The first-order valence-electron chi connectivity index (χ1n) is 12.2. The molecule has 0 aliphatic heterocycles. The van der Waals surface area contributed by atoms with E-state index in [1.54, 1.807) is 30.3 Å². The highest BCUT2D eigenvalue weighted by Gasteiger charge is 2.16. The molecular weight excluding hydrogens is 514 g/mol. The summed E-state index contributed by atoms with van der Waals surface area (Å²) in [7, 11) is 0. The van der Waals surface area contributed by atoms with Crippen LogP contribution in [0.2, 0.25) is 0 Å². The van der Waals surface area contributed by atoms with E-state index in [2.05, 4.69) is 29.8 Å². The van der Waals surface area contributed by atoms with Gasteiger partial charge in [-0.1, -0.05) is 60.8 Å². The third-order valence-corrected chi connectivity index (χ3v) is 6.26. The van der Waals surface area contributed by atoms with Gasteiger partial charge in [-0.15, -0.1) is 19.7 Å². The van der Waals surface area contributed by atoms with E-state index in [1.807, 2.05) is 75.4 Å². The van der Waals surface area contributed by atoms with Crippen molar-refractivity contribution >= 4 is 62.0 Å². The first kappa shape index (κ1) is 27.7. The average molecular weight is 542 g/mol. The van der Waals surface area contributed by atoms with Crippen molar-refractivity contribution in [3.05, 3.63) is 90.5 Å². The Morgan fingerprint density at radius 1 is 0.744 bits per heavy atom. The van der Waals surface area contributed by atoms with Gasteiger partial charge in [-0.05, 0) is 60.8 Å². The maximum absolute atomic E-state index is 11.0. The van der Waals surface area contributed by atoms with Crippen LogP contribution in [0.15, 0.2) is 110 Å². The smallest absolute Gasteiger partial charge is 0.152 e. The molecule has 0 saturated heterocycles. The van der Waals surface area contributed by atoms with Crippen LogP contribution in [0.3, 0.4) is 0 Å². The van der Waals surface area contributed by atoms with Crippen molar-refractivity contribution in [1.29, 1.82) is 0 Å². The van der Waals surface area contributed by atoms with E-state index in [4.69, 9.17) is 11.0 Å². The lowest BCUT2D eigenvalue weighted by atomic mass is 10.0. The van der Waals surface area contributed by atoms with Gasteiger partial charge in [-0.25, -0.2) is 5.26 Å². The molecule has 10 heteroatoms. The molecule has 0 heterocycles. The summed E-state index contributed by atoms with van der Waals surface area (Å²) < 4.78 is 4.62. The fourth-order valence-electron chi connectivity index (χ4n) is 3.89. The minimum Gasteiger partial charge on any atom is -0.505 e. The molecule has 0 fully saturated rings. The second kappa shape index (κ2) is 12.9. The van der Waals surface area contributed by atoms with Crippen molar-refractivity contribution < 1.29 is 19.7 Å². The summed E-state index contributed by atoms with van der Waals surface area (Å²) in [5.41, 5.74) is 9.58. The summed E-state index contributed by atoms with van der Waals surface area (Å²) in [5, 5.41) is 43.8. The van der Waals surface area contributed by atoms with E-state index in [-0.39, 0.29) is 11.4 Å². The Balaban J connectivity index is 0.00000172. The summed E-state index contributed by atoms with van der Waals surface area (Å²) >= 11 is 0.684. The highest BCUT2D eigenvalue weighted by atomic mass is 32.2. The molecule has 9 nitrogen and oxygen atoms in total. The minimum atomic E-state index is -0.133. The SMILES string of the molecule is CC.Cc1ccc2c(N=Nc3ccccc3)ccc(N=Nc3c(SOOO)cc4ccc(N)cc4c3O)c2c1. The number of fused-ring (bicyclic) bond motifs is 2. The number of rotatable bonds is 7. The van der Waals surface area contributed by atoms with E-state index in [9.17, 15) is 5.11 Å². The van der Waals surface area contributed by atoms with Crippen molar-refractivity contribution in [3.8, 4) is 5.75 Å². The standard InChI is InChI=1S/C27H21N5O4S.C2H6/c1-16-7-10-20-22(13-16)24(12-11-23(20)30-29-19-5-3-2-4-6-19)31-32-26-25(37-36-35-34)14-17-8-9-18(28)15-21(17)27(26)33;1-2/h2-15,33-34H,28H2,1H3;1-2H3. The molecule has 0 aliphatic rings. The van der Waals surface area contributed by atoms with Crippen LogP contribution in [-0.4, -0.2) is 10.4 Å². The summed E-state index contributed by atoms with van der Waals surface area (Å²) in [5.74, 6) is -0.133. The number of phenols is 1. The van der Waals surface area contributed by atoms with Crippen LogP contribution in [0.5, 0.6) is 5.75 Å². The number of hydrogen-bond donors (Lipinski definition) is 3. The molecule has 0 radical (unpaired) electrons. The van der Waals surface area contributed by atoms with Crippen LogP contribution in [0, 0.1) is 6.92 Å². The molecule has 198 valence electrons. The molecule has 0 amide bonds. The molecule has 5 rings (SSSR count). The Morgan fingerprint density at radius 2 is 1.46 bits per heavy atom. The quantitative estimate of drug-likeness (QED) is 0.0617. The van der Waals surface area contributed by atoms with Crippen LogP contribution in [0.25, 0.3) is 21.5 Å². The van der Waals surface area contributed by atoms with Crippen molar-refractivity contribution in [2.24, 2.45) is 20.5 Å². The fraction of sp³-hybridized carbons (Fsp3) is 0.103. The summed E-state index contributed by atoms with van der Waals surface area (Å²) in [6.07, 6.45) is 0. The largest absolute Gasteiger partial charge is 0.505 e. The molecule has 0 bridgehead atoms. The zero-order valence-corrected chi connectivity index (χ0v) is 22.4. The Labute approximate surface area is 229 Å². The number of aromatic hydroxyl groups is 1. The highest BCUT2D eigenvalue weighted by molar-refractivity contribution is 7.94. The van der Waals surface area contributed by atoms with Gasteiger partial charge in [0.1, 0.15) is 5.69 Å². The second-order valence-corrected chi connectivity index (χ2v) is 8.91. The Kier molecular flexibility index (Phi) is 9.18. The first-order chi connectivity index (χ1) is 19.0. The van der Waals surface area contributed by atoms with Gasteiger partial charge in [-0.3, -0.25) is 0 Å². The minimum absolute atomic E-state index is 0.133. The molecule has 0 unspecified atom stereocenters. The van der Waals surface area contributed by atoms with Gasteiger partial charge < -0.3 is 10.8 Å². The fourth-order valence-corrected chi connectivity index (χ4v) is 4.38. The lowest BCUT2D eigenvalue weighted by molar-refractivity contribution is -0.432. The lowest BCUT2D eigenvalue weighted by Crippen LogP contribution is -1.87. The number of nitrogen functional groups attached to an aromatic ring is 1. The molecule has 0 aliphatic carbocycles. The van der Waals surface area contributed by atoms with Gasteiger partial charge in [-0.2, -0.15) is 5.11 Å². The molecule has 5 aromatic rings. The number of hydrogen-bond acceptors (Lipinski definition) is 10. The predicted molar refractivity (Wildman–Crippen MR) is 156 cm³/mol. The van der Waals surface area contributed by atoms with Crippen LogP contribution in [0.4, 0.5) is 28.4 Å². The summed E-state index contributed by atoms with van der Waals surface area (Å²) in [6, 6.07) is 25.9. The second-order valence-electron chi connectivity index (χ2n) is 8.17. The zero-order valence-electron chi connectivity index (χ0n) is 21.6. The zero-order chi connectivity index (χ0) is 27.8. The molecule has 39 heavy (non-hydrogen) atoms. The van der Waals surface area contributed by atoms with E-state index in [0.717, 1.165) is 22.0 Å². The third kappa shape index (κ3) is 6.39. The number of nitrogens with zero attached hydrogens (tertiary/aromatic N) is 4. The monoisotopic (exact) mass is 541 g/mol. The number of benzene rings is 5. The maximum atomic E-state index is 11.0. The third-order valence-electron chi connectivity index (χ3n) is 5.64. The highest BCUT2D eigenvalue weighted by Crippen LogP contribution is 2.45. The molecule has 5 aromatic carbocycles. The van der Waals surface area contributed by atoms with Crippen molar-refractivity contribution in [2.75, 3.05) is 5.73 Å². The Morgan fingerprint density at radius 3 is 2.21 bits per heavy atom. The van der Waals surface area contributed by atoms with Crippen LogP contribution in [-0.2, 0) is 9.37 Å². The summed E-state index contributed by atoms with van der Waals surface area (Å²) in [6.45, 7) is 5.99. The molecule has 0 atom stereocenters. The number of nitrogens with two attached hydrogens (primary N) is 1. The normalized spacial score (nSPS) is 11.4. The lowest BCUT2D eigenvalue weighted by Gasteiger charge is -2.10. The molecule has 4 N–H and O–H groups in total. The van der Waals surface area contributed by atoms with E-state index >= 15 is 0 Å². The van der Waals surface area contributed by atoms with Gasteiger partial charge in [0.15, 0.2) is 5.75 Å². The number of anilines is 1. The van der Waals surface area contributed by atoms with Gasteiger partial charge in [0.05, 0.1) is 34.0 Å². The first-order valence-corrected chi connectivity index (χ1v) is 12.9. The molecule has 0 saturated carbocycles. The average Bonchev–Trinajstić information content (AvgIpc) is 2.96. The van der Waals surface area contributed by atoms with Crippen LogP contribution < -0.4 is 5.73 Å². The van der Waals surface area contributed by atoms with Crippen molar-refractivity contribution in [3.63, 3.8) is 0 Å². The van der Waals surface area contributed by atoms with Crippen LogP contribution >= 0.6 is 12.0 Å². The Bertz CT molecular complexity index is 1660. The van der Waals surface area contributed by atoms with Gasteiger partial charge in [0, 0.05) is 21.8 Å². The van der Waals surface area contributed by atoms with E-state index in [1.165, 1.54) is 0 Å². The predicted octanol–water partition coefficient (Wildman–Crippen LogP) is 9.87. The van der Waals surface area contributed by atoms with Gasteiger partial charge >= 0.3 is 0 Å². The Hall–Kier alpha value is -4.35. The van der Waals surface area contributed by atoms with E-state index < -0.39 is 0 Å². The van der Waals surface area contributed by atoms with E-state index in [0.29, 0.717) is 44.8 Å². The van der Waals surface area contributed by atoms with Gasteiger partial charge in [0.25, 0.3) is 0 Å².